The fraction of sp³-hybridized carbons (Fsp3) is 0.0952. The van der Waals surface area contributed by atoms with Crippen molar-refractivity contribution in [1.82, 2.24) is 14.8 Å². The molecule has 0 aliphatic rings. The largest absolute Gasteiger partial charge is 0.483 e. The van der Waals surface area contributed by atoms with Crippen molar-refractivity contribution in [3.8, 4) is 16.9 Å². The normalized spacial score (nSPS) is 10.8. The molecular weight excluding hydrogens is 356 g/mol. The number of nitrogens with one attached hydrogen (secondary N) is 2. The van der Waals surface area contributed by atoms with Crippen LogP contribution >= 0.6 is 0 Å². The van der Waals surface area contributed by atoms with Crippen LogP contribution in [-0.4, -0.2) is 27.3 Å². The van der Waals surface area contributed by atoms with Crippen molar-refractivity contribution in [1.29, 1.82) is 0 Å². The van der Waals surface area contributed by atoms with Gasteiger partial charge < -0.3 is 15.0 Å². The van der Waals surface area contributed by atoms with E-state index in [1.54, 1.807) is 36.3 Å². The molecule has 2 heterocycles. The summed E-state index contributed by atoms with van der Waals surface area (Å²) in [6.07, 6.45) is 3.43. The van der Waals surface area contributed by atoms with Crippen molar-refractivity contribution >= 4 is 22.5 Å². The Labute approximate surface area is 160 Å². The summed E-state index contributed by atoms with van der Waals surface area (Å²) in [5, 5.41) is 8.66. The van der Waals surface area contributed by atoms with E-state index in [1.165, 1.54) is 6.07 Å². The average molecular weight is 374 g/mol. The highest BCUT2D eigenvalue weighted by Crippen LogP contribution is 2.33. The van der Waals surface area contributed by atoms with Crippen LogP contribution in [0.3, 0.4) is 0 Å². The molecule has 0 aliphatic heterocycles. The van der Waals surface area contributed by atoms with E-state index in [2.05, 4.69) is 15.4 Å². The second-order valence-electron chi connectivity index (χ2n) is 6.31. The number of anilines is 1. The third-order valence-corrected chi connectivity index (χ3v) is 4.32. The van der Waals surface area contributed by atoms with Crippen molar-refractivity contribution in [3.05, 3.63) is 77.3 Å². The molecule has 28 heavy (non-hydrogen) atoms. The molecule has 2 aromatic carbocycles. The zero-order valence-corrected chi connectivity index (χ0v) is 15.2. The van der Waals surface area contributed by atoms with Gasteiger partial charge in [0.05, 0.1) is 0 Å². The van der Waals surface area contributed by atoms with E-state index in [0.29, 0.717) is 11.6 Å². The van der Waals surface area contributed by atoms with Crippen LogP contribution in [-0.2, 0) is 11.8 Å². The van der Waals surface area contributed by atoms with E-state index in [1.807, 2.05) is 36.4 Å². The van der Waals surface area contributed by atoms with Gasteiger partial charge >= 0.3 is 0 Å². The number of nitrogens with zero attached hydrogens (tertiary/aromatic N) is 2. The molecule has 0 aliphatic carbocycles. The van der Waals surface area contributed by atoms with Crippen LogP contribution in [0.1, 0.15) is 0 Å². The SMILES string of the molecule is Cn1ccc(NC(=O)COc2ccc(-c3ccc(=O)[nH]c3)c3ccccc23)n1. The molecular formula is C21H18N4O3. The molecule has 0 unspecified atom stereocenters. The first kappa shape index (κ1) is 17.5. The molecule has 7 heteroatoms. The van der Waals surface area contributed by atoms with Crippen LogP contribution in [0.2, 0.25) is 0 Å². The molecule has 4 aromatic rings. The molecule has 0 spiro atoms. The molecule has 1 amide bonds. The highest BCUT2D eigenvalue weighted by atomic mass is 16.5. The Balaban J connectivity index is 1.58. The summed E-state index contributed by atoms with van der Waals surface area (Å²) in [6.45, 7) is -0.126. The number of H-pyrrole nitrogens is 1. The maximum Gasteiger partial charge on any atom is 0.263 e. The van der Waals surface area contributed by atoms with E-state index in [-0.39, 0.29) is 18.1 Å². The third kappa shape index (κ3) is 3.64. The third-order valence-electron chi connectivity index (χ3n) is 4.32. The first-order chi connectivity index (χ1) is 13.6. The lowest BCUT2D eigenvalue weighted by molar-refractivity contribution is -0.118. The number of pyridine rings is 1. The van der Waals surface area contributed by atoms with Gasteiger partial charge in [0.2, 0.25) is 5.56 Å². The number of fused-ring (bicyclic) bond motifs is 1. The Morgan fingerprint density at radius 1 is 1.11 bits per heavy atom. The van der Waals surface area contributed by atoms with Crippen molar-refractivity contribution in [3.63, 3.8) is 0 Å². The lowest BCUT2D eigenvalue weighted by Gasteiger charge is -2.12. The number of hydrogen-bond acceptors (Lipinski definition) is 4. The lowest BCUT2D eigenvalue weighted by Crippen LogP contribution is -2.20. The minimum atomic E-state index is -0.285. The number of carbonyl (C=O) groups excluding carboxylic acids is 1. The highest BCUT2D eigenvalue weighted by molar-refractivity contribution is 6.00. The molecule has 7 nitrogen and oxygen atoms in total. The molecule has 0 saturated heterocycles. The Hall–Kier alpha value is -3.87. The van der Waals surface area contributed by atoms with Crippen LogP contribution in [0.15, 0.2) is 71.8 Å². The number of rotatable bonds is 5. The van der Waals surface area contributed by atoms with E-state index < -0.39 is 0 Å². The number of aryl methyl sites for hydroxylation is 1. The van der Waals surface area contributed by atoms with Gasteiger partial charge in [0.25, 0.3) is 5.91 Å². The van der Waals surface area contributed by atoms with Gasteiger partial charge in [-0.3, -0.25) is 14.3 Å². The number of hydrogen-bond donors (Lipinski definition) is 2. The first-order valence-electron chi connectivity index (χ1n) is 8.73. The summed E-state index contributed by atoms with van der Waals surface area (Å²) in [6, 6.07) is 16.5. The van der Waals surface area contributed by atoms with Crippen LogP contribution in [0, 0.1) is 0 Å². The predicted octanol–water partition coefficient (Wildman–Crippen LogP) is 2.95. The quantitative estimate of drug-likeness (QED) is 0.562. The maximum atomic E-state index is 12.1. The maximum absolute atomic E-state index is 12.1. The van der Waals surface area contributed by atoms with Gasteiger partial charge in [0.1, 0.15) is 5.75 Å². The number of carbonyl (C=O) groups is 1. The van der Waals surface area contributed by atoms with Gasteiger partial charge in [0.15, 0.2) is 12.4 Å². The van der Waals surface area contributed by atoms with Gasteiger partial charge in [-0.05, 0) is 34.7 Å². The molecule has 0 radical (unpaired) electrons. The van der Waals surface area contributed by atoms with E-state index in [9.17, 15) is 9.59 Å². The highest BCUT2D eigenvalue weighted by Gasteiger charge is 2.11. The zero-order valence-electron chi connectivity index (χ0n) is 15.2. The minimum absolute atomic E-state index is 0.126. The monoisotopic (exact) mass is 374 g/mol. The Bertz CT molecular complexity index is 1190. The number of amides is 1. The number of aromatic nitrogens is 3. The second kappa shape index (κ2) is 7.40. The van der Waals surface area contributed by atoms with Gasteiger partial charge in [-0.1, -0.05) is 24.3 Å². The standard InChI is InChI=1S/C21H18N4O3/c1-25-11-10-19(24-25)23-21(27)13-28-18-8-7-15(14-6-9-20(26)22-12-14)16-4-2-3-5-17(16)18/h2-12H,13H2,1H3,(H,22,26)(H,23,24,27). The van der Waals surface area contributed by atoms with Crippen LogP contribution in [0.4, 0.5) is 5.82 Å². The van der Waals surface area contributed by atoms with E-state index in [4.69, 9.17) is 4.74 Å². The molecule has 0 atom stereocenters. The Morgan fingerprint density at radius 2 is 1.93 bits per heavy atom. The number of benzene rings is 2. The minimum Gasteiger partial charge on any atom is -0.483 e. The van der Waals surface area contributed by atoms with Crippen molar-refractivity contribution < 1.29 is 9.53 Å². The summed E-state index contributed by atoms with van der Waals surface area (Å²) in [5.74, 6) is 0.807. The molecule has 2 N–H and O–H groups in total. The topological polar surface area (TPSA) is 89.0 Å². The van der Waals surface area contributed by atoms with Crippen molar-refractivity contribution in [2.24, 2.45) is 7.05 Å². The van der Waals surface area contributed by atoms with E-state index in [0.717, 1.165) is 21.9 Å². The molecule has 2 aromatic heterocycles. The van der Waals surface area contributed by atoms with Crippen LogP contribution < -0.4 is 15.6 Å². The molecule has 0 saturated carbocycles. The summed E-state index contributed by atoms with van der Waals surface area (Å²) in [4.78, 5) is 26.2. The van der Waals surface area contributed by atoms with E-state index >= 15 is 0 Å². The van der Waals surface area contributed by atoms with Crippen LogP contribution in [0.25, 0.3) is 21.9 Å². The smallest absolute Gasteiger partial charge is 0.263 e. The molecule has 4 rings (SSSR count). The van der Waals surface area contributed by atoms with Crippen molar-refractivity contribution in [2.45, 2.75) is 0 Å². The van der Waals surface area contributed by atoms with Gasteiger partial charge in [-0.15, -0.1) is 0 Å². The summed E-state index contributed by atoms with van der Waals surface area (Å²) in [7, 11) is 1.78. The summed E-state index contributed by atoms with van der Waals surface area (Å²) >= 11 is 0. The predicted molar refractivity (Wildman–Crippen MR) is 107 cm³/mol. The Morgan fingerprint density at radius 3 is 2.64 bits per heavy atom. The van der Waals surface area contributed by atoms with Crippen LogP contribution in [0.5, 0.6) is 5.75 Å². The van der Waals surface area contributed by atoms with Gasteiger partial charge in [-0.25, -0.2) is 0 Å². The zero-order chi connectivity index (χ0) is 19.5. The molecule has 0 bridgehead atoms. The molecule has 0 fully saturated rings. The number of aromatic amines is 1. The Kier molecular flexibility index (Phi) is 4.63. The van der Waals surface area contributed by atoms with Gasteiger partial charge in [-0.2, -0.15) is 5.10 Å². The summed E-state index contributed by atoms with van der Waals surface area (Å²) in [5.41, 5.74) is 1.72. The average Bonchev–Trinajstić information content (AvgIpc) is 3.11. The second-order valence-corrected chi connectivity index (χ2v) is 6.31. The molecule has 140 valence electrons. The first-order valence-corrected chi connectivity index (χ1v) is 8.73. The van der Waals surface area contributed by atoms with Gasteiger partial charge in [0, 0.05) is 37.0 Å². The van der Waals surface area contributed by atoms with Crippen molar-refractivity contribution in [2.75, 3.05) is 11.9 Å². The number of ether oxygens (including phenoxy) is 1. The fourth-order valence-electron chi connectivity index (χ4n) is 3.03. The summed E-state index contributed by atoms with van der Waals surface area (Å²) < 4.78 is 7.38. The fourth-order valence-corrected chi connectivity index (χ4v) is 3.03. The lowest BCUT2D eigenvalue weighted by atomic mass is 9.99.